The van der Waals surface area contributed by atoms with E-state index in [1.807, 2.05) is 54.6 Å². The Hall–Kier alpha value is -2.55. The van der Waals surface area contributed by atoms with E-state index < -0.39 is 0 Å². The number of nitrogens with one attached hydrogen (secondary N) is 1. The Bertz CT molecular complexity index is 783. The van der Waals surface area contributed by atoms with Crippen molar-refractivity contribution in [2.24, 2.45) is 0 Å². The van der Waals surface area contributed by atoms with Crippen LogP contribution in [0.15, 0.2) is 60.7 Å². The van der Waals surface area contributed by atoms with E-state index in [1.165, 1.54) is 64.2 Å². The van der Waals surface area contributed by atoms with Gasteiger partial charge < -0.3 is 11.1 Å². The molecule has 2 aromatic rings. The zero-order chi connectivity index (χ0) is 22.2. The summed E-state index contributed by atoms with van der Waals surface area (Å²) in [5, 5.41) is 3.05. The number of benzene rings is 2. The number of hydrogen-bond donors (Lipinski definition) is 2. The Balaban J connectivity index is 1.72. The van der Waals surface area contributed by atoms with E-state index in [9.17, 15) is 4.79 Å². The largest absolute Gasteiger partial charge is 0.398 e. The van der Waals surface area contributed by atoms with Crippen LogP contribution in [0, 0.1) is 0 Å². The summed E-state index contributed by atoms with van der Waals surface area (Å²) in [4.78, 5) is 12.6. The van der Waals surface area contributed by atoms with Crippen LogP contribution >= 0.6 is 0 Å². The molecule has 0 aliphatic heterocycles. The van der Waals surface area contributed by atoms with E-state index in [1.54, 1.807) is 6.08 Å². The summed E-state index contributed by atoms with van der Waals surface area (Å²) in [5.41, 5.74) is 9.59. The molecule has 3 nitrogen and oxygen atoms in total. The van der Waals surface area contributed by atoms with E-state index >= 15 is 0 Å². The molecule has 0 saturated carbocycles. The lowest BCUT2D eigenvalue weighted by molar-refractivity contribution is -0.116. The fourth-order valence-electron chi connectivity index (χ4n) is 3.86. The predicted octanol–water partition coefficient (Wildman–Crippen LogP) is 7.13. The van der Waals surface area contributed by atoms with Crippen molar-refractivity contribution in [2.75, 3.05) is 12.3 Å². The molecule has 2 aromatic carbocycles. The van der Waals surface area contributed by atoms with E-state index in [2.05, 4.69) is 12.2 Å². The molecular weight excluding hydrogens is 380 g/mol. The average molecular weight is 421 g/mol. The number of carbonyl (C=O) groups excluding carboxylic acids is 1. The monoisotopic (exact) mass is 420 g/mol. The first-order chi connectivity index (χ1) is 15.2. The molecule has 3 heteroatoms. The molecular formula is C28H40N2O. The smallest absolute Gasteiger partial charge is 0.244 e. The second-order valence-corrected chi connectivity index (χ2v) is 8.34. The van der Waals surface area contributed by atoms with Crippen LogP contribution in [0.5, 0.6) is 0 Å². The third-order valence-electron chi connectivity index (χ3n) is 5.69. The summed E-state index contributed by atoms with van der Waals surface area (Å²) >= 11 is 0. The van der Waals surface area contributed by atoms with Gasteiger partial charge in [-0.2, -0.15) is 0 Å². The highest BCUT2D eigenvalue weighted by molar-refractivity contribution is 6.00. The van der Waals surface area contributed by atoms with Crippen molar-refractivity contribution in [3.8, 4) is 0 Å². The minimum absolute atomic E-state index is 0.0609. The molecule has 0 radical (unpaired) electrons. The summed E-state index contributed by atoms with van der Waals surface area (Å²) in [6.07, 6.45) is 16.1. The van der Waals surface area contributed by atoms with Gasteiger partial charge in [0.25, 0.3) is 0 Å². The Labute approximate surface area is 189 Å². The number of unbranched alkanes of at least 4 members (excludes halogenated alkanes) is 10. The van der Waals surface area contributed by atoms with Crippen molar-refractivity contribution in [1.29, 1.82) is 0 Å². The maximum absolute atomic E-state index is 12.6. The lowest BCUT2D eigenvalue weighted by Gasteiger charge is -2.11. The molecule has 0 fully saturated rings. The normalized spacial score (nSPS) is 11.5. The van der Waals surface area contributed by atoms with E-state index in [4.69, 9.17) is 5.73 Å². The van der Waals surface area contributed by atoms with Crippen LogP contribution in [0.2, 0.25) is 0 Å². The zero-order valence-corrected chi connectivity index (χ0v) is 19.2. The van der Waals surface area contributed by atoms with Crippen LogP contribution in [0.4, 0.5) is 5.69 Å². The molecule has 0 saturated heterocycles. The molecule has 0 heterocycles. The maximum Gasteiger partial charge on any atom is 0.244 e. The highest BCUT2D eigenvalue weighted by Gasteiger charge is 2.10. The number of amides is 1. The van der Waals surface area contributed by atoms with E-state index in [0.29, 0.717) is 5.69 Å². The lowest BCUT2D eigenvalue weighted by Crippen LogP contribution is -2.22. The molecule has 0 aromatic heterocycles. The van der Waals surface area contributed by atoms with Gasteiger partial charge in [0.15, 0.2) is 0 Å². The fraction of sp³-hybridized carbons (Fsp3) is 0.464. The summed E-state index contributed by atoms with van der Waals surface area (Å²) < 4.78 is 0. The van der Waals surface area contributed by atoms with Crippen molar-refractivity contribution in [3.05, 3.63) is 71.8 Å². The van der Waals surface area contributed by atoms with Crippen LogP contribution in [0.3, 0.4) is 0 Å². The third-order valence-corrected chi connectivity index (χ3v) is 5.69. The lowest BCUT2D eigenvalue weighted by atomic mass is 9.96. The Morgan fingerprint density at radius 2 is 1.32 bits per heavy atom. The molecule has 1 amide bonds. The summed E-state index contributed by atoms with van der Waals surface area (Å²) in [5.74, 6) is -0.0609. The Morgan fingerprint density at radius 1 is 0.774 bits per heavy atom. The SMILES string of the molecule is CCCCCCCCCCCCCNC(=O)C=C(c1ccccc1)c1ccccc1N. The van der Waals surface area contributed by atoms with E-state index in [-0.39, 0.29) is 5.91 Å². The first-order valence-electron chi connectivity index (χ1n) is 12.1. The van der Waals surface area contributed by atoms with Crippen LogP contribution in [-0.2, 0) is 4.79 Å². The molecule has 2 rings (SSSR count). The highest BCUT2D eigenvalue weighted by Crippen LogP contribution is 2.27. The van der Waals surface area contributed by atoms with Gasteiger partial charge >= 0.3 is 0 Å². The number of para-hydroxylation sites is 1. The number of hydrogen-bond acceptors (Lipinski definition) is 2. The Morgan fingerprint density at radius 3 is 1.94 bits per heavy atom. The summed E-state index contributed by atoms with van der Waals surface area (Å²) in [6.45, 7) is 2.98. The first kappa shape index (κ1) is 24.7. The van der Waals surface area contributed by atoms with Gasteiger partial charge in [-0.15, -0.1) is 0 Å². The molecule has 168 valence electrons. The van der Waals surface area contributed by atoms with Crippen LogP contribution in [-0.4, -0.2) is 12.5 Å². The summed E-state index contributed by atoms with van der Waals surface area (Å²) in [7, 11) is 0. The van der Waals surface area contributed by atoms with Crippen molar-refractivity contribution in [3.63, 3.8) is 0 Å². The van der Waals surface area contributed by atoms with Gasteiger partial charge in [-0.3, -0.25) is 4.79 Å². The minimum Gasteiger partial charge on any atom is -0.398 e. The number of anilines is 1. The molecule has 0 unspecified atom stereocenters. The molecule has 0 aliphatic carbocycles. The number of nitrogens with two attached hydrogens (primary N) is 1. The molecule has 0 atom stereocenters. The molecule has 0 spiro atoms. The molecule has 0 bridgehead atoms. The van der Waals surface area contributed by atoms with Gasteiger partial charge in [-0.05, 0) is 23.6 Å². The van der Waals surface area contributed by atoms with Crippen molar-refractivity contribution < 1.29 is 4.79 Å². The maximum atomic E-state index is 12.6. The highest BCUT2D eigenvalue weighted by atomic mass is 16.1. The van der Waals surface area contributed by atoms with Gasteiger partial charge in [-0.25, -0.2) is 0 Å². The standard InChI is InChI=1S/C28H40N2O/c1-2-3-4-5-6-7-8-9-10-11-17-22-30-28(31)23-26(24-18-13-12-14-19-24)25-20-15-16-21-27(25)29/h12-16,18-21,23H,2-11,17,22,29H2,1H3,(H,30,31). The van der Waals surface area contributed by atoms with E-state index in [0.717, 1.165) is 29.7 Å². The number of rotatable bonds is 15. The molecule has 31 heavy (non-hydrogen) atoms. The fourth-order valence-corrected chi connectivity index (χ4v) is 3.86. The van der Waals surface area contributed by atoms with Crippen LogP contribution in [0.1, 0.15) is 88.7 Å². The quantitative estimate of drug-likeness (QED) is 0.183. The Kier molecular flexibility index (Phi) is 12.2. The number of carbonyl (C=O) groups is 1. The van der Waals surface area contributed by atoms with Crippen LogP contribution in [0.25, 0.3) is 5.57 Å². The number of nitrogen functional groups attached to an aromatic ring is 1. The van der Waals surface area contributed by atoms with Gasteiger partial charge in [0.05, 0.1) is 0 Å². The van der Waals surface area contributed by atoms with Gasteiger partial charge in [0.2, 0.25) is 5.91 Å². The molecule has 3 N–H and O–H groups in total. The van der Waals surface area contributed by atoms with Crippen molar-refractivity contribution in [1.82, 2.24) is 5.32 Å². The van der Waals surface area contributed by atoms with Gasteiger partial charge in [-0.1, -0.05) is 120 Å². The van der Waals surface area contributed by atoms with Crippen molar-refractivity contribution in [2.45, 2.75) is 77.6 Å². The second-order valence-electron chi connectivity index (χ2n) is 8.34. The third kappa shape index (κ3) is 9.87. The summed E-state index contributed by atoms with van der Waals surface area (Å²) in [6, 6.07) is 17.6. The van der Waals surface area contributed by atoms with Crippen molar-refractivity contribution >= 4 is 17.2 Å². The minimum atomic E-state index is -0.0609. The predicted molar refractivity (Wildman–Crippen MR) is 134 cm³/mol. The first-order valence-corrected chi connectivity index (χ1v) is 12.1. The van der Waals surface area contributed by atoms with Crippen LogP contribution < -0.4 is 11.1 Å². The second kappa shape index (κ2) is 15.3. The molecule has 0 aliphatic rings. The van der Waals surface area contributed by atoms with Gasteiger partial charge in [0.1, 0.15) is 0 Å². The average Bonchev–Trinajstić information content (AvgIpc) is 2.79. The zero-order valence-electron chi connectivity index (χ0n) is 19.2. The van der Waals surface area contributed by atoms with Gasteiger partial charge in [0, 0.05) is 23.9 Å². The topological polar surface area (TPSA) is 55.1 Å².